The number of alkyl halides is 4. The summed E-state index contributed by atoms with van der Waals surface area (Å²) in [5, 5.41) is 0. The first kappa shape index (κ1) is 16.6. The Morgan fingerprint density at radius 1 is 1.35 bits per heavy atom. The Labute approximate surface area is 111 Å². The molecular formula is C10H11F5N2O2S. The van der Waals surface area contributed by atoms with Crippen molar-refractivity contribution in [1.82, 2.24) is 4.72 Å². The molecule has 10 heteroatoms. The zero-order valence-corrected chi connectivity index (χ0v) is 10.9. The van der Waals surface area contributed by atoms with Gasteiger partial charge in [0.15, 0.2) is 0 Å². The molecule has 20 heavy (non-hydrogen) atoms. The summed E-state index contributed by atoms with van der Waals surface area (Å²) in [5.41, 5.74) is 4.66. The van der Waals surface area contributed by atoms with Crippen molar-refractivity contribution in [1.29, 1.82) is 0 Å². The third-order valence-corrected chi connectivity index (χ3v) is 3.95. The predicted octanol–water partition coefficient (Wildman–Crippen LogP) is 1.90. The summed E-state index contributed by atoms with van der Waals surface area (Å²) >= 11 is 0. The molecule has 0 amide bonds. The molecule has 0 bridgehead atoms. The number of hydrogen-bond donors (Lipinski definition) is 2. The first-order valence-electron chi connectivity index (χ1n) is 5.18. The fourth-order valence-electron chi connectivity index (χ4n) is 1.30. The van der Waals surface area contributed by atoms with Crippen molar-refractivity contribution in [2.75, 3.05) is 12.3 Å². The summed E-state index contributed by atoms with van der Waals surface area (Å²) < 4.78 is 87.3. The van der Waals surface area contributed by atoms with Gasteiger partial charge in [-0.05, 0) is 19.1 Å². The topological polar surface area (TPSA) is 72.2 Å². The minimum absolute atomic E-state index is 0.242. The van der Waals surface area contributed by atoms with Crippen LogP contribution in [0.3, 0.4) is 0 Å². The van der Waals surface area contributed by atoms with Gasteiger partial charge in [0.05, 0.1) is 11.4 Å². The van der Waals surface area contributed by atoms with E-state index in [1.54, 1.807) is 0 Å². The van der Waals surface area contributed by atoms with Crippen LogP contribution in [-0.4, -0.2) is 27.3 Å². The van der Waals surface area contributed by atoms with Gasteiger partial charge in [0.2, 0.25) is 10.0 Å². The number of benzene rings is 1. The Balaban J connectivity index is 3.07. The third-order valence-electron chi connectivity index (χ3n) is 2.43. The van der Waals surface area contributed by atoms with E-state index in [0.29, 0.717) is 0 Å². The fraction of sp³-hybridized carbons (Fsp3) is 0.400. The summed E-state index contributed by atoms with van der Waals surface area (Å²) in [7, 11) is -4.59. The van der Waals surface area contributed by atoms with Gasteiger partial charge in [-0.25, -0.2) is 26.3 Å². The van der Waals surface area contributed by atoms with E-state index >= 15 is 0 Å². The standard InChI is InChI=1S/C10H11F5N2O2S/c1-5-7(11)2-6(16)3-8(5)20(18,19)17-4-10(14,15)9(12)13/h2-3,9,17H,4,16H2,1H3. The number of hydrogen-bond acceptors (Lipinski definition) is 3. The zero-order chi connectivity index (χ0) is 15.7. The van der Waals surface area contributed by atoms with Gasteiger partial charge in [-0.3, -0.25) is 0 Å². The fourth-order valence-corrected chi connectivity index (χ4v) is 2.63. The van der Waals surface area contributed by atoms with E-state index in [1.165, 1.54) is 4.72 Å². The quantitative estimate of drug-likeness (QED) is 0.643. The van der Waals surface area contributed by atoms with Crippen molar-refractivity contribution in [3.63, 3.8) is 0 Å². The maximum Gasteiger partial charge on any atom is 0.320 e. The average molecular weight is 318 g/mol. The van der Waals surface area contributed by atoms with Gasteiger partial charge in [0.1, 0.15) is 5.82 Å². The van der Waals surface area contributed by atoms with Crippen LogP contribution in [-0.2, 0) is 10.0 Å². The molecule has 1 rings (SSSR count). The minimum atomic E-state index is -4.59. The molecule has 0 aromatic heterocycles. The molecule has 1 aromatic carbocycles. The Morgan fingerprint density at radius 2 is 1.90 bits per heavy atom. The van der Waals surface area contributed by atoms with Gasteiger partial charge < -0.3 is 5.73 Å². The first-order valence-corrected chi connectivity index (χ1v) is 6.67. The lowest BCUT2D eigenvalue weighted by molar-refractivity contribution is -0.122. The van der Waals surface area contributed by atoms with Gasteiger partial charge in [-0.1, -0.05) is 0 Å². The van der Waals surface area contributed by atoms with Gasteiger partial charge >= 0.3 is 12.3 Å². The summed E-state index contributed by atoms with van der Waals surface area (Å²) in [6.45, 7) is -0.711. The second-order valence-corrected chi connectivity index (χ2v) is 5.75. The molecule has 1 aromatic rings. The number of nitrogens with one attached hydrogen (secondary N) is 1. The Kier molecular flexibility index (Phi) is 4.59. The monoisotopic (exact) mass is 318 g/mol. The van der Waals surface area contributed by atoms with E-state index in [0.717, 1.165) is 19.1 Å². The van der Waals surface area contributed by atoms with Crippen LogP contribution in [0.1, 0.15) is 5.56 Å². The van der Waals surface area contributed by atoms with Crippen LogP contribution in [0.25, 0.3) is 0 Å². The number of nitrogen functional groups attached to an aromatic ring is 1. The molecule has 0 heterocycles. The molecule has 0 fully saturated rings. The van der Waals surface area contributed by atoms with Gasteiger partial charge in [0, 0.05) is 11.3 Å². The van der Waals surface area contributed by atoms with Crippen LogP contribution in [0.5, 0.6) is 0 Å². The van der Waals surface area contributed by atoms with E-state index in [4.69, 9.17) is 5.73 Å². The summed E-state index contributed by atoms with van der Waals surface area (Å²) in [5.74, 6) is -5.48. The minimum Gasteiger partial charge on any atom is -0.399 e. The molecule has 4 nitrogen and oxygen atoms in total. The maximum absolute atomic E-state index is 13.3. The van der Waals surface area contributed by atoms with Crippen molar-refractivity contribution >= 4 is 15.7 Å². The average Bonchev–Trinajstić information content (AvgIpc) is 2.31. The highest BCUT2D eigenvalue weighted by Gasteiger charge is 2.41. The zero-order valence-electron chi connectivity index (χ0n) is 10.1. The molecule has 0 unspecified atom stereocenters. The highest BCUT2D eigenvalue weighted by Crippen LogP contribution is 2.24. The lowest BCUT2D eigenvalue weighted by Crippen LogP contribution is -2.41. The summed E-state index contributed by atoms with van der Waals surface area (Å²) in [6.07, 6.45) is -4.02. The van der Waals surface area contributed by atoms with E-state index < -0.39 is 39.6 Å². The van der Waals surface area contributed by atoms with Gasteiger partial charge in [0.25, 0.3) is 0 Å². The van der Waals surface area contributed by atoms with E-state index in [1.807, 2.05) is 0 Å². The first-order chi connectivity index (χ1) is 8.97. The summed E-state index contributed by atoms with van der Waals surface area (Å²) in [4.78, 5) is -0.680. The molecule has 3 N–H and O–H groups in total. The second-order valence-electron chi connectivity index (χ2n) is 4.01. The predicted molar refractivity (Wildman–Crippen MR) is 61.7 cm³/mol. The van der Waals surface area contributed by atoms with Gasteiger partial charge in [-0.15, -0.1) is 0 Å². The number of rotatable bonds is 5. The summed E-state index contributed by atoms with van der Waals surface area (Å²) in [6, 6.07) is 1.70. The number of nitrogens with two attached hydrogens (primary N) is 1. The number of sulfonamides is 1. The highest BCUT2D eigenvalue weighted by molar-refractivity contribution is 7.89. The van der Waals surface area contributed by atoms with Crippen molar-refractivity contribution < 1.29 is 30.4 Å². The molecule has 0 saturated carbocycles. The largest absolute Gasteiger partial charge is 0.399 e. The lowest BCUT2D eigenvalue weighted by atomic mass is 10.2. The Bertz CT molecular complexity index is 604. The smallest absolute Gasteiger partial charge is 0.320 e. The maximum atomic E-state index is 13.3. The SMILES string of the molecule is Cc1c(F)cc(N)cc1S(=O)(=O)NCC(F)(F)C(F)F. The highest BCUT2D eigenvalue weighted by atomic mass is 32.2. The van der Waals surface area contributed by atoms with Crippen molar-refractivity contribution in [3.8, 4) is 0 Å². The van der Waals surface area contributed by atoms with Crippen LogP contribution < -0.4 is 10.5 Å². The molecular weight excluding hydrogens is 307 g/mol. The molecule has 0 aliphatic carbocycles. The van der Waals surface area contributed by atoms with Crippen LogP contribution in [0, 0.1) is 12.7 Å². The van der Waals surface area contributed by atoms with E-state index in [9.17, 15) is 30.4 Å². The molecule has 0 radical (unpaired) electrons. The normalized spacial score (nSPS) is 12.9. The van der Waals surface area contributed by atoms with E-state index in [-0.39, 0.29) is 11.3 Å². The Morgan fingerprint density at radius 3 is 2.40 bits per heavy atom. The van der Waals surface area contributed by atoms with Crippen molar-refractivity contribution in [3.05, 3.63) is 23.5 Å². The van der Waals surface area contributed by atoms with Crippen molar-refractivity contribution in [2.45, 2.75) is 24.2 Å². The molecule has 0 saturated heterocycles. The van der Waals surface area contributed by atoms with Crippen LogP contribution in [0.4, 0.5) is 27.6 Å². The second kappa shape index (κ2) is 5.52. The molecule has 0 atom stereocenters. The molecule has 0 spiro atoms. The van der Waals surface area contributed by atoms with Crippen LogP contribution >= 0.6 is 0 Å². The van der Waals surface area contributed by atoms with Gasteiger partial charge in [-0.2, -0.15) is 8.78 Å². The molecule has 0 aliphatic heterocycles. The molecule has 0 aliphatic rings. The number of halogens is 5. The van der Waals surface area contributed by atoms with Crippen molar-refractivity contribution in [2.24, 2.45) is 0 Å². The molecule has 114 valence electrons. The third kappa shape index (κ3) is 3.57. The number of anilines is 1. The lowest BCUT2D eigenvalue weighted by Gasteiger charge is -2.17. The van der Waals surface area contributed by atoms with Crippen LogP contribution in [0.2, 0.25) is 0 Å². The van der Waals surface area contributed by atoms with Crippen LogP contribution in [0.15, 0.2) is 17.0 Å². The van der Waals surface area contributed by atoms with E-state index in [2.05, 4.69) is 0 Å². The Hall–Kier alpha value is -1.42.